The van der Waals surface area contributed by atoms with Crippen molar-refractivity contribution in [2.75, 3.05) is 6.54 Å². The van der Waals surface area contributed by atoms with Crippen LogP contribution in [0.3, 0.4) is 0 Å². The van der Waals surface area contributed by atoms with Crippen LogP contribution >= 0.6 is 0 Å². The van der Waals surface area contributed by atoms with Crippen molar-refractivity contribution in [3.63, 3.8) is 0 Å². The van der Waals surface area contributed by atoms with Crippen molar-refractivity contribution in [2.45, 2.75) is 37.9 Å². The van der Waals surface area contributed by atoms with Crippen LogP contribution in [0, 0.1) is 0 Å². The van der Waals surface area contributed by atoms with Gasteiger partial charge < -0.3 is 14.9 Å². The predicted molar refractivity (Wildman–Crippen MR) is 53.8 cm³/mol. The standard InChI is InChI=1S/C11H17NO2/c12-7-6-9-3-1-4-11(14-9)10-5-2-8-13-10/h2,5,8-9,11H,1,3-4,6-7,12H2. The van der Waals surface area contributed by atoms with Gasteiger partial charge in [-0.2, -0.15) is 0 Å². The smallest absolute Gasteiger partial charge is 0.132 e. The summed E-state index contributed by atoms with van der Waals surface area (Å²) in [5.74, 6) is 0.951. The van der Waals surface area contributed by atoms with Gasteiger partial charge in [0, 0.05) is 0 Å². The van der Waals surface area contributed by atoms with E-state index in [0.717, 1.165) is 25.0 Å². The van der Waals surface area contributed by atoms with E-state index in [9.17, 15) is 0 Å². The second-order valence-electron chi connectivity index (χ2n) is 3.77. The third kappa shape index (κ3) is 2.16. The van der Waals surface area contributed by atoms with Crippen LogP contribution in [0.1, 0.15) is 37.5 Å². The van der Waals surface area contributed by atoms with Crippen molar-refractivity contribution < 1.29 is 9.15 Å². The van der Waals surface area contributed by atoms with Gasteiger partial charge in [0.15, 0.2) is 0 Å². The topological polar surface area (TPSA) is 48.4 Å². The maximum Gasteiger partial charge on any atom is 0.132 e. The molecule has 2 N–H and O–H groups in total. The second-order valence-corrected chi connectivity index (χ2v) is 3.77. The Morgan fingerprint density at radius 2 is 2.36 bits per heavy atom. The third-order valence-electron chi connectivity index (χ3n) is 2.70. The van der Waals surface area contributed by atoms with Gasteiger partial charge in [-0.1, -0.05) is 0 Å². The number of furan rings is 1. The quantitative estimate of drug-likeness (QED) is 0.804. The molecule has 0 aromatic carbocycles. The summed E-state index contributed by atoms with van der Waals surface area (Å²) in [5, 5.41) is 0. The van der Waals surface area contributed by atoms with Gasteiger partial charge in [0.1, 0.15) is 11.9 Å². The second kappa shape index (κ2) is 4.62. The molecule has 0 amide bonds. The first-order valence-corrected chi connectivity index (χ1v) is 5.29. The van der Waals surface area contributed by atoms with Crippen LogP contribution in [0.5, 0.6) is 0 Å². The van der Waals surface area contributed by atoms with Crippen LogP contribution in [0.4, 0.5) is 0 Å². The maximum atomic E-state index is 5.90. The summed E-state index contributed by atoms with van der Waals surface area (Å²) in [7, 11) is 0. The van der Waals surface area contributed by atoms with Gasteiger partial charge in [0.25, 0.3) is 0 Å². The molecule has 3 heteroatoms. The van der Waals surface area contributed by atoms with E-state index in [1.165, 1.54) is 6.42 Å². The highest BCUT2D eigenvalue weighted by atomic mass is 16.5. The highest BCUT2D eigenvalue weighted by molar-refractivity contribution is 5.03. The minimum atomic E-state index is 0.148. The van der Waals surface area contributed by atoms with Crippen LogP contribution in [-0.2, 0) is 4.74 Å². The van der Waals surface area contributed by atoms with Gasteiger partial charge in [-0.15, -0.1) is 0 Å². The van der Waals surface area contributed by atoms with E-state index in [4.69, 9.17) is 14.9 Å². The summed E-state index contributed by atoms with van der Waals surface area (Å²) < 4.78 is 11.2. The molecule has 0 bridgehead atoms. The first-order chi connectivity index (χ1) is 6.90. The van der Waals surface area contributed by atoms with Gasteiger partial charge >= 0.3 is 0 Å². The molecule has 2 heterocycles. The van der Waals surface area contributed by atoms with Crippen molar-refractivity contribution in [3.8, 4) is 0 Å². The van der Waals surface area contributed by atoms with Crippen LogP contribution in [-0.4, -0.2) is 12.6 Å². The Hall–Kier alpha value is -0.800. The Morgan fingerprint density at radius 3 is 3.07 bits per heavy atom. The van der Waals surface area contributed by atoms with Gasteiger partial charge in [-0.25, -0.2) is 0 Å². The normalized spacial score (nSPS) is 27.8. The van der Waals surface area contributed by atoms with Gasteiger partial charge in [-0.3, -0.25) is 0 Å². The molecule has 1 aromatic heterocycles. The Balaban J connectivity index is 1.94. The first-order valence-electron chi connectivity index (χ1n) is 5.29. The molecular weight excluding hydrogens is 178 g/mol. The zero-order chi connectivity index (χ0) is 9.80. The maximum absolute atomic E-state index is 5.90. The molecule has 1 aromatic rings. The predicted octanol–water partition coefficient (Wildman–Crippen LogP) is 2.24. The van der Waals surface area contributed by atoms with Crippen molar-refractivity contribution in [3.05, 3.63) is 24.2 Å². The molecule has 14 heavy (non-hydrogen) atoms. The molecule has 3 nitrogen and oxygen atoms in total. The monoisotopic (exact) mass is 195 g/mol. The molecule has 1 aliphatic heterocycles. The molecule has 1 fully saturated rings. The molecule has 2 unspecified atom stereocenters. The molecule has 0 radical (unpaired) electrons. The number of hydrogen-bond donors (Lipinski definition) is 1. The van der Waals surface area contributed by atoms with E-state index >= 15 is 0 Å². The van der Waals surface area contributed by atoms with E-state index in [-0.39, 0.29) is 6.10 Å². The molecule has 0 saturated carbocycles. The van der Waals surface area contributed by atoms with E-state index < -0.39 is 0 Å². The van der Waals surface area contributed by atoms with Crippen molar-refractivity contribution >= 4 is 0 Å². The molecule has 0 spiro atoms. The largest absolute Gasteiger partial charge is 0.467 e. The lowest BCUT2D eigenvalue weighted by atomic mass is 10.0. The lowest BCUT2D eigenvalue weighted by Crippen LogP contribution is -2.24. The highest BCUT2D eigenvalue weighted by Gasteiger charge is 2.24. The zero-order valence-electron chi connectivity index (χ0n) is 8.32. The molecule has 2 rings (SSSR count). The average Bonchev–Trinajstić information content (AvgIpc) is 2.71. The lowest BCUT2D eigenvalue weighted by molar-refractivity contribution is -0.0628. The minimum Gasteiger partial charge on any atom is -0.467 e. The summed E-state index contributed by atoms with van der Waals surface area (Å²) >= 11 is 0. The molecule has 0 aliphatic carbocycles. The zero-order valence-corrected chi connectivity index (χ0v) is 8.32. The summed E-state index contributed by atoms with van der Waals surface area (Å²) in [6, 6.07) is 3.89. The fourth-order valence-electron chi connectivity index (χ4n) is 1.98. The minimum absolute atomic E-state index is 0.148. The molecular formula is C11H17NO2. The lowest BCUT2D eigenvalue weighted by Gasteiger charge is -2.28. The van der Waals surface area contributed by atoms with Crippen molar-refractivity contribution in [2.24, 2.45) is 5.73 Å². The number of hydrogen-bond acceptors (Lipinski definition) is 3. The van der Waals surface area contributed by atoms with E-state index in [0.29, 0.717) is 12.6 Å². The Bertz CT molecular complexity index is 256. The molecule has 1 saturated heterocycles. The fourth-order valence-corrected chi connectivity index (χ4v) is 1.98. The van der Waals surface area contributed by atoms with E-state index in [2.05, 4.69) is 0 Å². The first kappa shape index (κ1) is 9.74. The van der Waals surface area contributed by atoms with Crippen LogP contribution in [0.15, 0.2) is 22.8 Å². The third-order valence-corrected chi connectivity index (χ3v) is 2.70. The molecule has 1 aliphatic rings. The van der Waals surface area contributed by atoms with Crippen LogP contribution < -0.4 is 5.73 Å². The van der Waals surface area contributed by atoms with Crippen molar-refractivity contribution in [1.82, 2.24) is 0 Å². The fraction of sp³-hybridized carbons (Fsp3) is 0.636. The summed E-state index contributed by atoms with van der Waals surface area (Å²) in [5.41, 5.74) is 5.52. The summed E-state index contributed by atoms with van der Waals surface area (Å²) in [6.45, 7) is 0.704. The molecule has 78 valence electrons. The SMILES string of the molecule is NCCC1CCCC(c2ccco2)O1. The van der Waals surface area contributed by atoms with Crippen LogP contribution in [0.25, 0.3) is 0 Å². The Morgan fingerprint density at radius 1 is 1.43 bits per heavy atom. The summed E-state index contributed by atoms with van der Waals surface area (Å²) in [4.78, 5) is 0. The van der Waals surface area contributed by atoms with E-state index in [1.807, 2.05) is 12.1 Å². The highest BCUT2D eigenvalue weighted by Crippen LogP contribution is 2.32. The Labute approximate surface area is 84.2 Å². The summed E-state index contributed by atoms with van der Waals surface area (Å²) in [6.07, 6.45) is 6.53. The van der Waals surface area contributed by atoms with Gasteiger partial charge in [0.2, 0.25) is 0 Å². The number of ether oxygens (including phenoxy) is 1. The van der Waals surface area contributed by atoms with Crippen LogP contribution in [0.2, 0.25) is 0 Å². The van der Waals surface area contributed by atoms with Gasteiger partial charge in [0.05, 0.1) is 12.4 Å². The number of nitrogens with two attached hydrogens (primary N) is 1. The average molecular weight is 195 g/mol. The van der Waals surface area contributed by atoms with Crippen molar-refractivity contribution in [1.29, 1.82) is 0 Å². The van der Waals surface area contributed by atoms with E-state index in [1.54, 1.807) is 6.26 Å². The number of rotatable bonds is 3. The van der Waals surface area contributed by atoms with Gasteiger partial charge in [-0.05, 0) is 44.4 Å². The molecule has 2 atom stereocenters. The Kier molecular flexibility index (Phi) is 3.22.